The maximum atomic E-state index is 11.1. The molecule has 0 N–H and O–H groups in total. The largest absolute Gasteiger partial charge is 2.00 e. The number of carbonyl (C=O) groups excluding carboxylic acids is 2. The number of fused-ring (bicyclic) bond motifs is 6. The minimum absolute atomic E-state index is 0. The molecule has 0 saturated heterocycles. The summed E-state index contributed by atoms with van der Waals surface area (Å²) >= 11 is 3.20. The van der Waals surface area contributed by atoms with Crippen LogP contribution in [0.5, 0.6) is 0 Å². The van der Waals surface area contributed by atoms with Crippen molar-refractivity contribution in [3.05, 3.63) is 96.1 Å². The Bertz CT molecular complexity index is 1520. The van der Waals surface area contributed by atoms with Crippen LogP contribution in [0.3, 0.4) is 0 Å². The first kappa shape index (κ1) is 24.0. The summed E-state index contributed by atoms with van der Waals surface area (Å²) < 4.78 is 4.18. The van der Waals surface area contributed by atoms with Gasteiger partial charge in [-0.3, -0.25) is 0 Å². The van der Waals surface area contributed by atoms with Crippen molar-refractivity contribution in [3.63, 3.8) is 0 Å². The van der Waals surface area contributed by atoms with E-state index >= 15 is 0 Å². The Kier molecular flexibility index (Phi) is 7.25. The molecule has 7 heteroatoms. The molecule has 0 unspecified atom stereocenters. The van der Waals surface area contributed by atoms with Gasteiger partial charge in [-0.15, -0.1) is 22.7 Å². The van der Waals surface area contributed by atoms with Crippen LogP contribution in [0.25, 0.3) is 40.3 Å². The number of aromatic carboxylic acids is 2. The quantitative estimate of drug-likeness (QED) is 0.279. The van der Waals surface area contributed by atoms with Gasteiger partial charge in [-0.1, -0.05) is 60.7 Å². The standard InChI is InChI=1S/2C13H8O2S.Ba/c2*14-13(15)9-5-3-7-11-12(9)8-4-1-2-6-10(8)16-11;/h2*1-7H,(H,14,15);/q;;+2/p-2. The van der Waals surface area contributed by atoms with E-state index in [1.807, 2.05) is 60.7 Å². The Morgan fingerprint density at radius 2 is 0.879 bits per heavy atom. The number of hydrogen-bond donors (Lipinski definition) is 0. The van der Waals surface area contributed by atoms with Gasteiger partial charge in [-0.05, 0) is 24.3 Å². The van der Waals surface area contributed by atoms with E-state index < -0.39 is 11.9 Å². The first-order valence-electron chi connectivity index (χ1n) is 9.78. The third-order valence-corrected chi connectivity index (χ3v) is 7.52. The number of carbonyl (C=O) groups is 2. The van der Waals surface area contributed by atoms with Crippen molar-refractivity contribution in [2.45, 2.75) is 0 Å². The molecule has 156 valence electrons. The van der Waals surface area contributed by atoms with Crippen LogP contribution >= 0.6 is 22.7 Å². The smallest absolute Gasteiger partial charge is 0.545 e. The van der Waals surface area contributed by atoms with Crippen LogP contribution in [0.1, 0.15) is 20.7 Å². The van der Waals surface area contributed by atoms with Crippen molar-refractivity contribution in [1.29, 1.82) is 0 Å². The molecule has 0 aliphatic heterocycles. The summed E-state index contributed by atoms with van der Waals surface area (Å²) in [5, 5.41) is 25.7. The Hall–Kier alpha value is -2.17. The van der Waals surface area contributed by atoms with E-state index in [-0.39, 0.29) is 60.0 Å². The van der Waals surface area contributed by atoms with Crippen molar-refractivity contribution in [1.82, 2.24) is 0 Å². The molecule has 0 amide bonds. The van der Waals surface area contributed by atoms with Crippen molar-refractivity contribution in [3.8, 4) is 0 Å². The van der Waals surface area contributed by atoms with E-state index in [0.717, 1.165) is 40.3 Å². The van der Waals surface area contributed by atoms with E-state index in [9.17, 15) is 19.8 Å². The molecule has 0 aliphatic carbocycles. The molecule has 0 saturated carbocycles. The van der Waals surface area contributed by atoms with E-state index in [0.29, 0.717) is 0 Å². The number of benzene rings is 4. The number of rotatable bonds is 2. The van der Waals surface area contributed by atoms with Gasteiger partial charge in [0.25, 0.3) is 0 Å². The molecule has 0 fully saturated rings. The van der Waals surface area contributed by atoms with Crippen LogP contribution in [0.15, 0.2) is 84.9 Å². The Labute approximate surface area is 237 Å². The second-order valence-corrected chi connectivity index (χ2v) is 9.30. The Morgan fingerprint density at radius 1 is 0.515 bits per heavy atom. The zero-order valence-electron chi connectivity index (χ0n) is 17.2. The number of hydrogen-bond acceptors (Lipinski definition) is 6. The Morgan fingerprint density at radius 3 is 1.27 bits per heavy atom. The third kappa shape index (κ3) is 4.48. The van der Waals surface area contributed by atoms with Crippen molar-refractivity contribution >= 4 is 124 Å². The molecule has 6 rings (SSSR count). The van der Waals surface area contributed by atoms with Gasteiger partial charge >= 0.3 is 48.9 Å². The topological polar surface area (TPSA) is 80.3 Å². The predicted octanol–water partition coefficient (Wildman–Crippen LogP) is 4.46. The summed E-state index contributed by atoms with van der Waals surface area (Å²) in [6, 6.07) is 26.2. The molecule has 4 nitrogen and oxygen atoms in total. The molecular formula is C26H14BaO4S2. The average Bonchev–Trinajstić information content (AvgIpc) is 3.37. The molecular weight excluding hydrogens is 578 g/mol. The molecule has 0 radical (unpaired) electrons. The van der Waals surface area contributed by atoms with E-state index in [1.54, 1.807) is 46.9 Å². The zero-order chi connectivity index (χ0) is 22.2. The van der Waals surface area contributed by atoms with E-state index in [1.165, 1.54) is 0 Å². The first-order valence-corrected chi connectivity index (χ1v) is 11.4. The van der Waals surface area contributed by atoms with Crippen LogP contribution < -0.4 is 10.2 Å². The van der Waals surface area contributed by atoms with Crippen LogP contribution in [-0.2, 0) is 0 Å². The van der Waals surface area contributed by atoms with Crippen LogP contribution in [-0.4, -0.2) is 60.8 Å². The number of carboxylic acid groups (broad SMARTS) is 2. The summed E-state index contributed by atoms with van der Waals surface area (Å²) in [5.41, 5.74) is 0.546. The minimum atomic E-state index is -1.12. The monoisotopic (exact) mass is 592 g/mol. The molecule has 0 bridgehead atoms. The Balaban J connectivity index is 0.000000152. The van der Waals surface area contributed by atoms with Crippen LogP contribution in [0.4, 0.5) is 0 Å². The maximum Gasteiger partial charge on any atom is 2.00 e. The molecule has 4 aromatic carbocycles. The van der Waals surface area contributed by atoms with Gasteiger partial charge in [0.2, 0.25) is 0 Å². The van der Waals surface area contributed by atoms with Gasteiger partial charge in [0, 0.05) is 51.5 Å². The van der Waals surface area contributed by atoms with Gasteiger partial charge in [0.1, 0.15) is 0 Å². The summed E-state index contributed by atoms with van der Waals surface area (Å²) in [5.74, 6) is -2.23. The maximum absolute atomic E-state index is 11.1. The minimum Gasteiger partial charge on any atom is -0.545 e. The van der Waals surface area contributed by atoms with E-state index in [2.05, 4.69) is 0 Å². The normalized spacial score (nSPS) is 10.7. The van der Waals surface area contributed by atoms with Crippen molar-refractivity contribution in [2.24, 2.45) is 0 Å². The number of thiophene rings is 2. The number of carboxylic acids is 2. The summed E-state index contributed by atoms with van der Waals surface area (Å²) in [7, 11) is 0. The van der Waals surface area contributed by atoms with Crippen LogP contribution in [0.2, 0.25) is 0 Å². The molecule has 2 aromatic heterocycles. The molecule has 0 aliphatic rings. The fraction of sp³-hybridized carbons (Fsp3) is 0. The third-order valence-electron chi connectivity index (χ3n) is 5.24. The predicted molar refractivity (Wildman–Crippen MR) is 133 cm³/mol. The van der Waals surface area contributed by atoms with Gasteiger partial charge < -0.3 is 19.8 Å². The van der Waals surface area contributed by atoms with Crippen molar-refractivity contribution in [2.75, 3.05) is 0 Å². The average molecular weight is 592 g/mol. The molecule has 33 heavy (non-hydrogen) atoms. The second-order valence-electron chi connectivity index (χ2n) is 7.13. The SMILES string of the molecule is O=C([O-])c1cccc2sc3ccccc3c12.O=C([O-])c1cccc2sc3ccccc3c12.[Ba+2]. The summed E-state index contributed by atoms with van der Waals surface area (Å²) in [4.78, 5) is 22.1. The van der Waals surface area contributed by atoms with Gasteiger partial charge in [0.05, 0.1) is 11.9 Å². The summed E-state index contributed by atoms with van der Waals surface area (Å²) in [6.07, 6.45) is 0. The molecule has 0 atom stereocenters. The molecule has 6 aromatic rings. The van der Waals surface area contributed by atoms with E-state index in [4.69, 9.17) is 0 Å². The second kappa shape index (κ2) is 9.99. The van der Waals surface area contributed by atoms with Crippen molar-refractivity contribution < 1.29 is 19.8 Å². The van der Waals surface area contributed by atoms with Crippen LogP contribution in [0, 0.1) is 0 Å². The first-order chi connectivity index (χ1) is 15.5. The fourth-order valence-electron chi connectivity index (χ4n) is 3.89. The summed E-state index contributed by atoms with van der Waals surface area (Å²) in [6.45, 7) is 0. The fourth-order valence-corrected chi connectivity index (χ4v) is 6.15. The molecule has 2 heterocycles. The zero-order valence-corrected chi connectivity index (χ0v) is 23.3. The van der Waals surface area contributed by atoms with Gasteiger partial charge in [-0.2, -0.15) is 0 Å². The molecule has 0 spiro atoms. The van der Waals surface area contributed by atoms with Gasteiger partial charge in [-0.25, -0.2) is 0 Å². The van der Waals surface area contributed by atoms with Gasteiger partial charge in [0.15, 0.2) is 0 Å².